The third-order valence-corrected chi connectivity index (χ3v) is 3.81. The molecule has 1 aliphatic heterocycles. The van der Waals surface area contributed by atoms with Crippen LogP contribution in [0.5, 0.6) is 0 Å². The van der Waals surface area contributed by atoms with Gasteiger partial charge in [-0.15, -0.1) is 0 Å². The maximum absolute atomic E-state index is 12.0. The first kappa shape index (κ1) is 14.7. The lowest BCUT2D eigenvalue weighted by Gasteiger charge is -2.35. The van der Waals surface area contributed by atoms with Crippen molar-refractivity contribution in [2.75, 3.05) is 25.4 Å². The Balaban J connectivity index is 1.85. The van der Waals surface area contributed by atoms with Gasteiger partial charge in [-0.1, -0.05) is 6.92 Å². The Hall–Kier alpha value is -1.69. The summed E-state index contributed by atoms with van der Waals surface area (Å²) in [6.07, 6.45) is 5.48. The molecular formula is C14H23N5O. The van der Waals surface area contributed by atoms with Gasteiger partial charge in [-0.05, 0) is 32.2 Å². The van der Waals surface area contributed by atoms with Gasteiger partial charge in [0, 0.05) is 31.5 Å². The number of hydrogen-bond acceptors (Lipinski definition) is 5. The summed E-state index contributed by atoms with van der Waals surface area (Å²) in [6, 6.07) is 0.319. The number of carbonyl (C=O) groups is 1. The number of aromatic nitrogens is 2. The van der Waals surface area contributed by atoms with Crippen molar-refractivity contribution in [2.45, 2.75) is 32.7 Å². The van der Waals surface area contributed by atoms with E-state index in [2.05, 4.69) is 34.0 Å². The number of hydrogen-bond donors (Lipinski definition) is 2. The fraction of sp³-hybridized carbons (Fsp3) is 0.643. The number of nitrogens with two attached hydrogens (primary N) is 1. The van der Waals surface area contributed by atoms with Gasteiger partial charge in [0.15, 0.2) is 11.5 Å². The van der Waals surface area contributed by atoms with E-state index in [0.29, 0.717) is 12.6 Å². The van der Waals surface area contributed by atoms with Crippen molar-refractivity contribution in [1.82, 2.24) is 20.2 Å². The average molecular weight is 277 g/mol. The van der Waals surface area contributed by atoms with Crippen molar-refractivity contribution in [1.29, 1.82) is 0 Å². The number of nitrogens with zero attached hydrogens (tertiary/aromatic N) is 3. The van der Waals surface area contributed by atoms with Crippen LogP contribution in [0.4, 0.5) is 5.82 Å². The lowest BCUT2D eigenvalue weighted by atomic mass is 9.99. The molecule has 0 radical (unpaired) electrons. The molecule has 0 spiro atoms. The number of rotatable bonds is 4. The second-order valence-corrected chi connectivity index (χ2v) is 5.59. The van der Waals surface area contributed by atoms with E-state index in [0.717, 1.165) is 19.0 Å². The van der Waals surface area contributed by atoms with Gasteiger partial charge in [0.05, 0.1) is 0 Å². The molecule has 20 heavy (non-hydrogen) atoms. The van der Waals surface area contributed by atoms with E-state index in [9.17, 15) is 4.79 Å². The SMILES string of the molecule is C[C@@H]1CCCN([C@@H](C)CNC(=O)c2nccnc2N)C1. The number of likely N-dealkylation sites (tertiary alicyclic amines) is 1. The minimum atomic E-state index is -0.257. The van der Waals surface area contributed by atoms with Crippen LogP contribution in [0.2, 0.25) is 0 Å². The Morgan fingerprint density at radius 1 is 1.55 bits per heavy atom. The average Bonchev–Trinajstić information content (AvgIpc) is 2.45. The second-order valence-electron chi connectivity index (χ2n) is 5.59. The number of nitrogens with one attached hydrogen (secondary N) is 1. The van der Waals surface area contributed by atoms with Crippen molar-refractivity contribution < 1.29 is 4.79 Å². The molecule has 1 aromatic heterocycles. The lowest BCUT2D eigenvalue weighted by Crippen LogP contribution is -2.46. The molecule has 6 nitrogen and oxygen atoms in total. The van der Waals surface area contributed by atoms with Crippen LogP contribution < -0.4 is 11.1 Å². The monoisotopic (exact) mass is 277 g/mol. The van der Waals surface area contributed by atoms with Gasteiger partial charge in [-0.3, -0.25) is 9.69 Å². The summed E-state index contributed by atoms with van der Waals surface area (Å²) in [5.41, 5.74) is 5.84. The Bertz CT molecular complexity index is 465. The van der Waals surface area contributed by atoms with Crippen molar-refractivity contribution in [3.8, 4) is 0 Å². The molecule has 1 aliphatic rings. The third-order valence-electron chi connectivity index (χ3n) is 3.81. The molecule has 2 heterocycles. The zero-order valence-electron chi connectivity index (χ0n) is 12.2. The number of anilines is 1. The smallest absolute Gasteiger partial charge is 0.273 e. The van der Waals surface area contributed by atoms with E-state index in [-0.39, 0.29) is 17.4 Å². The van der Waals surface area contributed by atoms with Gasteiger partial charge in [0.1, 0.15) is 0 Å². The Morgan fingerprint density at radius 3 is 3.00 bits per heavy atom. The molecule has 1 saturated heterocycles. The number of piperidine rings is 1. The van der Waals surface area contributed by atoms with Crippen molar-refractivity contribution in [3.63, 3.8) is 0 Å². The Morgan fingerprint density at radius 2 is 2.30 bits per heavy atom. The van der Waals surface area contributed by atoms with Gasteiger partial charge < -0.3 is 11.1 Å². The first-order valence-electron chi connectivity index (χ1n) is 7.16. The van der Waals surface area contributed by atoms with Crippen molar-refractivity contribution >= 4 is 11.7 Å². The van der Waals surface area contributed by atoms with Crippen LogP contribution in [0.1, 0.15) is 37.2 Å². The van der Waals surface area contributed by atoms with E-state index >= 15 is 0 Å². The van der Waals surface area contributed by atoms with Gasteiger partial charge >= 0.3 is 0 Å². The standard InChI is InChI=1S/C14H23N5O/c1-10-4-3-7-19(9-10)11(2)8-18-14(20)12-13(15)17-6-5-16-12/h5-6,10-11H,3-4,7-9H2,1-2H3,(H2,15,17)(H,18,20)/t10-,11+/m1/s1. The molecule has 110 valence electrons. The van der Waals surface area contributed by atoms with E-state index in [1.165, 1.54) is 25.2 Å². The zero-order chi connectivity index (χ0) is 14.5. The van der Waals surface area contributed by atoms with E-state index < -0.39 is 0 Å². The van der Waals surface area contributed by atoms with Crippen LogP contribution in [0.25, 0.3) is 0 Å². The highest BCUT2D eigenvalue weighted by molar-refractivity contribution is 5.96. The first-order valence-corrected chi connectivity index (χ1v) is 7.16. The Labute approximate surface area is 119 Å². The molecule has 0 saturated carbocycles. The molecule has 0 aromatic carbocycles. The predicted octanol–water partition coefficient (Wildman–Crippen LogP) is 0.909. The van der Waals surface area contributed by atoms with Gasteiger partial charge in [-0.25, -0.2) is 9.97 Å². The molecule has 1 aromatic rings. The van der Waals surface area contributed by atoms with E-state index in [1.807, 2.05) is 0 Å². The highest BCUT2D eigenvalue weighted by atomic mass is 16.1. The quantitative estimate of drug-likeness (QED) is 0.854. The largest absolute Gasteiger partial charge is 0.382 e. The molecule has 0 unspecified atom stereocenters. The molecule has 6 heteroatoms. The highest BCUT2D eigenvalue weighted by Crippen LogP contribution is 2.17. The summed E-state index contributed by atoms with van der Waals surface area (Å²) < 4.78 is 0. The molecule has 2 atom stereocenters. The molecule has 0 aliphatic carbocycles. The normalized spacial score (nSPS) is 21.4. The number of carbonyl (C=O) groups excluding carboxylic acids is 1. The topological polar surface area (TPSA) is 84.1 Å². The summed E-state index contributed by atoms with van der Waals surface area (Å²) in [5, 5.41) is 2.89. The fourth-order valence-corrected chi connectivity index (χ4v) is 2.60. The molecule has 1 amide bonds. The maximum atomic E-state index is 12.0. The number of nitrogen functional groups attached to an aromatic ring is 1. The van der Waals surface area contributed by atoms with Gasteiger partial charge in [0.25, 0.3) is 5.91 Å². The molecule has 2 rings (SSSR count). The fourth-order valence-electron chi connectivity index (χ4n) is 2.60. The number of amides is 1. The minimum absolute atomic E-state index is 0.171. The summed E-state index contributed by atoms with van der Waals surface area (Å²) in [4.78, 5) is 22.3. The van der Waals surface area contributed by atoms with E-state index in [4.69, 9.17) is 5.73 Å². The van der Waals surface area contributed by atoms with Crippen LogP contribution in [-0.2, 0) is 0 Å². The van der Waals surface area contributed by atoms with Crippen LogP contribution in [0, 0.1) is 5.92 Å². The molecule has 0 bridgehead atoms. The summed E-state index contributed by atoms with van der Waals surface area (Å²) in [5.74, 6) is 0.647. The molecule has 1 fully saturated rings. The van der Waals surface area contributed by atoms with Crippen molar-refractivity contribution in [3.05, 3.63) is 18.1 Å². The van der Waals surface area contributed by atoms with Crippen LogP contribution in [0.15, 0.2) is 12.4 Å². The van der Waals surface area contributed by atoms with Gasteiger partial charge in [0.2, 0.25) is 0 Å². The maximum Gasteiger partial charge on any atom is 0.273 e. The predicted molar refractivity (Wildman–Crippen MR) is 78.2 cm³/mol. The van der Waals surface area contributed by atoms with Crippen LogP contribution in [-0.4, -0.2) is 46.5 Å². The van der Waals surface area contributed by atoms with Crippen LogP contribution in [0.3, 0.4) is 0 Å². The highest BCUT2D eigenvalue weighted by Gasteiger charge is 2.21. The molecular weight excluding hydrogens is 254 g/mol. The lowest BCUT2D eigenvalue weighted by molar-refractivity contribution is 0.0913. The minimum Gasteiger partial charge on any atom is -0.382 e. The summed E-state index contributed by atoms with van der Waals surface area (Å²) >= 11 is 0. The first-order chi connectivity index (χ1) is 9.58. The van der Waals surface area contributed by atoms with Crippen molar-refractivity contribution in [2.24, 2.45) is 5.92 Å². The van der Waals surface area contributed by atoms with Crippen LogP contribution >= 0.6 is 0 Å². The third kappa shape index (κ3) is 3.66. The Kier molecular flexibility index (Phi) is 4.89. The zero-order valence-corrected chi connectivity index (χ0v) is 12.2. The van der Waals surface area contributed by atoms with E-state index in [1.54, 1.807) is 0 Å². The summed E-state index contributed by atoms with van der Waals surface area (Å²) in [7, 11) is 0. The summed E-state index contributed by atoms with van der Waals surface area (Å²) in [6.45, 7) is 7.22. The molecule has 3 N–H and O–H groups in total. The van der Waals surface area contributed by atoms with Gasteiger partial charge in [-0.2, -0.15) is 0 Å². The second kappa shape index (κ2) is 6.65.